The number of amides is 3. The first-order valence-electron chi connectivity index (χ1n) is 17.3. The summed E-state index contributed by atoms with van der Waals surface area (Å²) in [5, 5.41) is 26.8. The average Bonchev–Trinajstić information content (AvgIpc) is 3.45. The lowest BCUT2D eigenvalue weighted by atomic mass is 9.85. The molecule has 3 aromatic rings. The van der Waals surface area contributed by atoms with Gasteiger partial charge in [0.05, 0.1) is 23.3 Å². The molecule has 268 valence electrons. The fraction of sp³-hybridized carbons (Fsp3) is 0.459. The maximum atomic E-state index is 14.3. The second kappa shape index (κ2) is 17.1. The predicted molar refractivity (Wildman–Crippen MR) is 190 cm³/mol. The van der Waals surface area contributed by atoms with Crippen LogP contribution in [0.1, 0.15) is 56.2 Å². The van der Waals surface area contributed by atoms with Crippen LogP contribution in [-0.4, -0.2) is 100 Å². The molecule has 1 aliphatic carbocycles. The predicted octanol–water partition coefficient (Wildman–Crippen LogP) is 4.12. The normalized spacial score (nSPS) is 17.9. The Bertz CT molecular complexity index is 1690. The summed E-state index contributed by atoms with van der Waals surface area (Å²) < 4.78 is 29.4. The van der Waals surface area contributed by atoms with E-state index in [0.29, 0.717) is 31.6 Å². The monoisotopic (exact) mass is 704 g/mol. The molecule has 0 spiro atoms. The Morgan fingerprint density at radius 3 is 2.42 bits per heavy atom. The van der Waals surface area contributed by atoms with Gasteiger partial charge in [0.25, 0.3) is 0 Å². The smallest absolute Gasteiger partial charge is 0.321 e. The Kier molecular flexibility index (Phi) is 12.6. The van der Waals surface area contributed by atoms with Crippen LogP contribution in [0.5, 0.6) is 0 Å². The lowest BCUT2D eigenvalue weighted by molar-refractivity contribution is -0.128. The van der Waals surface area contributed by atoms with Crippen LogP contribution in [-0.2, 0) is 27.8 Å². The maximum Gasteiger partial charge on any atom is 0.321 e. The molecule has 2 heterocycles. The molecule has 13 heteroatoms. The number of nitrogens with one attached hydrogen (secondary N) is 1. The summed E-state index contributed by atoms with van der Waals surface area (Å²) in [6, 6.07) is 17.3. The number of carbonyl (C=O) groups excluding carboxylic acids is 2. The van der Waals surface area contributed by atoms with Crippen molar-refractivity contribution >= 4 is 28.2 Å². The number of nitrogens with zero attached hydrogens (tertiary/aromatic N) is 5. The summed E-state index contributed by atoms with van der Waals surface area (Å²) >= 11 is 0. The molecule has 1 saturated heterocycles. The largest absolute Gasteiger partial charge is 0.411 e. The van der Waals surface area contributed by atoms with Crippen LogP contribution >= 0.6 is 0 Å². The summed E-state index contributed by atoms with van der Waals surface area (Å²) in [5.41, 5.74) is 2.30. The van der Waals surface area contributed by atoms with Crippen LogP contribution in [0.25, 0.3) is 0 Å². The average molecular weight is 705 g/mol. The van der Waals surface area contributed by atoms with Gasteiger partial charge >= 0.3 is 6.03 Å². The van der Waals surface area contributed by atoms with Gasteiger partial charge in [-0.15, -0.1) is 0 Å². The highest BCUT2D eigenvalue weighted by molar-refractivity contribution is 7.89. The van der Waals surface area contributed by atoms with Gasteiger partial charge in [-0.2, -0.15) is 4.31 Å². The molecule has 5 rings (SSSR count). The van der Waals surface area contributed by atoms with E-state index in [4.69, 9.17) is 5.21 Å². The maximum absolute atomic E-state index is 14.3. The fourth-order valence-electron chi connectivity index (χ4n) is 6.58. The van der Waals surface area contributed by atoms with Gasteiger partial charge in [0.15, 0.2) is 0 Å². The number of hydrogen-bond donors (Lipinski definition) is 3. The van der Waals surface area contributed by atoms with E-state index >= 15 is 0 Å². The molecule has 2 fully saturated rings. The highest BCUT2D eigenvalue weighted by atomic mass is 32.2. The van der Waals surface area contributed by atoms with Gasteiger partial charge in [-0.1, -0.05) is 80.4 Å². The van der Waals surface area contributed by atoms with Crippen molar-refractivity contribution in [3.05, 3.63) is 95.8 Å². The van der Waals surface area contributed by atoms with Crippen LogP contribution < -0.4 is 5.32 Å². The lowest BCUT2D eigenvalue weighted by Gasteiger charge is -2.36. The van der Waals surface area contributed by atoms with E-state index in [1.54, 1.807) is 34.3 Å². The first kappa shape index (κ1) is 36.9. The van der Waals surface area contributed by atoms with Crippen molar-refractivity contribution in [2.24, 2.45) is 17.0 Å². The standard InChI is InChI=1S/C37H48N6O6S/c1-3-27(2)35(43-20-19-41(37(43)46)24-31-13-8-18-38-22-31)36(45)40-33(21-28-9-5-4-6-10-28)34(44)26-42(25-30-11-7-12-30)50(48,49)32-16-14-29(15-17-32)23-39-47/h4-6,8-10,13-18,22-23,27,30,33-35,44,47H,3,7,11-12,19-21,24-26H2,1-2H3,(H,40,45)/t27?,33-,34+,35?/m0/s1. The number of aliphatic hydroxyl groups is 1. The van der Waals surface area contributed by atoms with Crippen molar-refractivity contribution < 1.29 is 28.3 Å². The minimum Gasteiger partial charge on any atom is -0.411 e. The summed E-state index contributed by atoms with van der Waals surface area (Å²) in [6.45, 7) is 5.16. The number of carbonyl (C=O) groups is 2. The van der Waals surface area contributed by atoms with Crippen molar-refractivity contribution in [3.8, 4) is 0 Å². The molecular formula is C37H48N6O6S. The zero-order valence-corrected chi connectivity index (χ0v) is 29.5. The third kappa shape index (κ3) is 9.06. The topological polar surface area (TPSA) is 156 Å². The van der Waals surface area contributed by atoms with Crippen LogP contribution in [0.4, 0.5) is 4.79 Å². The second-order valence-electron chi connectivity index (χ2n) is 13.4. The van der Waals surface area contributed by atoms with Gasteiger partial charge in [-0.3, -0.25) is 9.78 Å². The molecule has 0 radical (unpaired) electrons. The van der Waals surface area contributed by atoms with Crippen LogP contribution in [0.2, 0.25) is 0 Å². The number of rotatable bonds is 17. The van der Waals surface area contributed by atoms with E-state index in [0.717, 1.165) is 30.4 Å². The molecule has 1 aliphatic heterocycles. The van der Waals surface area contributed by atoms with Gasteiger partial charge in [0.2, 0.25) is 15.9 Å². The highest BCUT2D eigenvalue weighted by Gasteiger charge is 2.41. The Labute approximate surface area is 294 Å². The van der Waals surface area contributed by atoms with Gasteiger partial charge in [-0.05, 0) is 66.0 Å². The van der Waals surface area contributed by atoms with E-state index in [1.807, 2.05) is 56.3 Å². The van der Waals surface area contributed by atoms with Crippen molar-refractivity contribution in [2.75, 3.05) is 26.2 Å². The molecule has 1 aromatic heterocycles. The Morgan fingerprint density at radius 2 is 1.80 bits per heavy atom. The minimum atomic E-state index is -4.03. The molecular weight excluding hydrogens is 657 g/mol. The molecule has 3 amide bonds. The van der Waals surface area contributed by atoms with Gasteiger partial charge in [0, 0.05) is 45.1 Å². The zero-order chi connectivity index (χ0) is 35.7. The number of pyridine rings is 1. The van der Waals surface area contributed by atoms with Crippen molar-refractivity contribution in [2.45, 2.75) is 75.6 Å². The number of aliphatic hydroxyl groups excluding tert-OH is 1. The quantitative estimate of drug-likeness (QED) is 0.109. The molecule has 1 saturated carbocycles. The summed E-state index contributed by atoms with van der Waals surface area (Å²) in [7, 11) is -4.03. The summed E-state index contributed by atoms with van der Waals surface area (Å²) in [5.74, 6) is -0.392. The number of urea groups is 1. The number of sulfonamides is 1. The van der Waals surface area contributed by atoms with Crippen molar-refractivity contribution in [3.63, 3.8) is 0 Å². The third-order valence-corrected chi connectivity index (χ3v) is 11.7. The van der Waals surface area contributed by atoms with Crippen molar-refractivity contribution in [1.29, 1.82) is 0 Å². The summed E-state index contributed by atoms with van der Waals surface area (Å²) in [6.07, 6.45) is 7.08. The third-order valence-electron chi connectivity index (χ3n) is 9.90. The molecule has 0 bridgehead atoms. The van der Waals surface area contributed by atoms with Gasteiger partial charge in [0.1, 0.15) is 6.04 Å². The van der Waals surface area contributed by atoms with E-state index in [-0.39, 0.29) is 48.2 Å². The number of hydrogen-bond acceptors (Lipinski definition) is 8. The lowest BCUT2D eigenvalue weighted by Crippen LogP contribution is -2.57. The molecule has 2 aliphatic rings. The second-order valence-corrected chi connectivity index (χ2v) is 15.3. The Hall–Kier alpha value is -4.33. The van der Waals surface area contributed by atoms with Crippen LogP contribution in [0, 0.1) is 11.8 Å². The number of benzene rings is 2. The molecule has 50 heavy (non-hydrogen) atoms. The highest BCUT2D eigenvalue weighted by Crippen LogP contribution is 2.30. The van der Waals surface area contributed by atoms with E-state index in [1.165, 1.54) is 22.7 Å². The van der Waals surface area contributed by atoms with E-state index in [2.05, 4.69) is 15.5 Å². The molecule has 2 unspecified atom stereocenters. The Balaban J connectivity index is 1.38. The van der Waals surface area contributed by atoms with E-state index in [9.17, 15) is 23.1 Å². The number of oxime groups is 1. The van der Waals surface area contributed by atoms with Gasteiger partial charge < -0.3 is 25.4 Å². The Morgan fingerprint density at radius 1 is 1.08 bits per heavy atom. The summed E-state index contributed by atoms with van der Waals surface area (Å²) in [4.78, 5) is 35.5. The molecule has 3 N–H and O–H groups in total. The van der Waals surface area contributed by atoms with Crippen LogP contribution in [0.15, 0.2) is 89.2 Å². The van der Waals surface area contributed by atoms with E-state index < -0.39 is 28.2 Å². The fourth-order valence-corrected chi connectivity index (χ4v) is 8.11. The van der Waals surface area contributed by atoms with Crippen LogP contribution in [0.3, 0.4) is 0 Å². The van der Waals surface area contributed by atoms with Gasteiger partial charge in [-0.25, -0.2) is 13.2 Å². The first-order valence-corrected chi connectivity index (χ1v) is 18.8. The van der Waals surface area contributed by atoms with Crippen molar-refractivity contribution in [1.82, 2.24) is 24.4 Å². The number of aromatic nitrogens is 1. The molecule has 4 atom stereocenters. The minimum absolute atomic E-state index is 0.0583. The molecule has 12 nitrogen and oxygen atoms in total. The first-order chi connectivity index (χ1) is 24.1. The zero-order valence-electron chi connectivity index (χ0n) is 28.7. The SMILES string of the molecule is CCC(C)C(C(=O)N[C@@H](Cc1ccccc1)[C@H](O)CN(CC1CCC1)S(=O)(=O)c1ccc(C=NO)cc1)N1CCN(Cc2cccnc2)C1=O. The molecule has 2 aromatic carbocycles.